The van der Waals surface area contributed by atoms with Gasteiger partial charge < -0.3 is 19.7 Å². The summed E-state index contributed by atoms with van der Waals surface area (Å²) in [6.07, 6.45) is 1.87. The Labute approximate surface area is 194 Å². The van der Waals surface area contributed by atoms with Crippen LogP contribution in [-0.4, -0.2) is 17.1 Å². The van der Waals surface area contributed by atoms with Crippen LogP contribution in [0.4, 0.5) is 0 Å². The van der Waals surface area contributed by atoms with E-state index in [-0.39, 0.29) is 11.8 Å². The number of nitrogens with one attached hydrogen (secondary N) is 1. The van der Waals surface area contributed by atoms with Crippen LogP contribution >= 0.6 is 0 Å². The molecule has 0 radical (unpaired) electrons. The number of hydrogen-bond acceptors (Lipinski definition) is 4. The van der Waals surface area contributed by atoms with Crippen LogP contribution in [0.2, 0.25) is 0 Å². The Kier molecular flexibility index (Phi) is 6.82. The number of hydrogen-bond donors (Lipinski definition) is 1. The highest BCUT2D eigenvalue weighted by molar-refractivity contribution is 5.85. The van der Waals surface area contributed by atoms with Crippen molar-refractivity contribution in [2.24, 2.45) is 5.92 Å². The lowest BCUT2D eigenvalue weighted by molar-refractivity contribution is -0.622. The predicted octanol–water partition coefficient (Wildman–Crippen LogP) is 5.14. The smallest absolute Gasteiger partial charge is 0.402 e. The lowest BCUT2D eigenvalue weighted by Gasteiger charge is -2.16. The van der Waals surface area contributed by atoms with Gasteiger partial charge in [-0.15, -0.1) is 4.73 Å². The minimum atomic E-state index is 0.227. The van der Waals surface area contributed by atoms with E-state index in [2.05, 4.69) is 37.9 Å². The van der Waals surface area contributed by atoms with Crippen LogP contribution in [0, 0.1) is 11.1 Å². The molecule has 0 unspecified atom stereocenters. The monoisotopic (exact) mass is 445 g/mol. The molecule has 6 heteroatoms. The summed E-state index contributed by atoms with van der Waals surface area (Å²) in [5.74, 6) is 0.864. The molecule has 6 nitrogen and oxygen atoms in total. The molecular weight excluding hydrogens is 414 g/mol. The third-order valence-corrected chi connectivity index (χ3v) is 5.77. The number of aromatic amines is 1. The van der Waals surface area contributed by atoms with Gasteiger partial charge in [0.1, 0.15) is 6.61 Å². The molecule has 0 amide bonds. The van der Waals surface area contributed by atoms with E-state index in [4.69, 9.17) is 14.5 Å². The quantitative estimate of drug-likeness (QED) is 0.286. The maximum Gasteiger partial charge on any atom is 0.402 e. The summed E-state index contributed by atoms with van der Waals surface area (Å²) in [4.78, 5) is 8.35. The van der Waals surface area contributed by atoms with Crippen molar-refractivity contribution >= 4 is 10.9 Å². The molecule has 0 aliphatic rings. The molecule has 0 aliphatic carbocycles. The van der Waals surface area contributed by atoms with E-state index in [1.165, 1.54) is 7.11 Å². The van der Waals surface area contributed by atoms with Gasteiger partial charge in [0.2, 0.25) is 0 Å². The van der Waals surface area contributed by atoms with Crippen molar-refractivity contribution in [2.45, 2.75) is 46.6 Å². The van der Waals surface area contributed by atoms with Crippen LogP contribution in [0.1, 0.15) is 49.0 Å². The third kappa shape index (κ3) is 4.80. The molecule has 2 aromatic carbocycles. The highest BCUT2D eigenvalue weighted by Crippen LogP contribution is 2.29. The van der Waals surface area contributed by atoms with Crippen molar-refractivity contribution < 1.29 is 14.2 Å². The molecule has 0 saturated heterocycles. The van der Waals surface area contributed by atoms with Gasteiger partial charge in [-0.05, 0) is 29.5 Å². The molecule has 0 aliphatic heterocycles. The van der Waals surface area contributed by atoms with Crippen LogP contribution < -0.4 is 14.2 Å². The molecule has 0 atom stereocenters. The normalized spacial score (nSPS) is 11.3. The highest BCUT2D eigenvalue weighted by atomic mass is 16.5. The van der Waals surface area contributed by atoms with Gasteiger partial charge in [-0.3, -0.25) is 0 Å². The number of benzene rings is 2. The van der Waals surface area contributed by atoms with Crippen molar-refractivity contribution in [3.8, 4) is 11.8 Å². The van der Waals surface area contributed by atoms with Gasteiger partial charge in [0, 0.05) is 29.4 Å². The second-order valence-corrected chi connectivity index (χ2v) is 8.64. The second-order valence-electron chi connectivity index (χ2n) is 8.64. The van der Waals surface area contributed by atoms with E-state index < -0.39 is 0 Å². The SMILES string of the molecule is CCc1[nH]c2ccccc2c1Cc1nc(OCc2ccccc2)c(CC(C)C)[n+]([O-])c1OC. The van der Waals surface area contributed by atoms with E-state index in [9.17, 15) is 5.21 Å². The number of ether oxygens (including phenoxy) is 2. The van der Waals surface area contributed by atoms with E-state index in [1.54, 1.807) is 0 Å². The van der Waals surface area contributed by atoms with Crippen molar-refractivity contribution in [2.75, 3.05) is 7.11 Å². The van der Waals surface area contributed by atoms with Gasteiger partial charge in [-0.2, -0.15) is 0 Å². The molecule has 4 aromatic rings. The molecule has 1 N–H and O–H groups in total. The molecule has 33 heavy (non-hydrogen) atoms. The predicted molar refractivity (Wildman–Crippen MR) is 130 cm³/mol. The Morgan fingerprint density at radius 1 is 1.06 bits per heavy atom. The molecule has 2 aromatic heterocycles. The average molecular weight is 446 g/mol. The maximum absolute atomic E-state index is 13.4. The van der Waals surface area contributed by atoms with Crippen molar-refractivity contribution in [1.82, 2.24) is 9.97 Å². The zero-order valence-corrected chi connectivity index (χ0v) is 19.7. The van der Waals surface area contributed by atoms with Gasteiger partial charge in [-0.25, -0.2) is 4.98 Å². The fourth-order valence-corrected chi connectivity index (χ4v) is 4.20. The number of aryl methyl sites for hydroxylation is 1. The van der Waals surface area contributed by atoms with Crippen LogP contribution in [0.15, 0.2) is 54.6 Å². The summed E-state index contributed by atoms with van der Waals surface area (Å²) >= 11 is 0. The molecule has 172 valence electrons. The lowest BCUT2D eigenvalue weighted by Crippen LogP contribution is -2.37. The van der Waals surface area contributed by atoms with Crippen LogP contribution in [0.3, 0.4) is 0 Å². The Morgan fingerprint density at radius 2 is 1.79 bits per heavy atom. The van der Waals surface area contributed by atoms with E-state index in [1.807, 2.05) is 42.5 Å². The fraction of sp³-hybridized carbons (Fsp3) is 0.333. The number of nitrogens with zero attached hydrogens (tertiary/aromatic N) is 2. The van der Waals surface area contributed by atoms with E-state index in [0.29, 0.717) is 36.7 Å². The van der Waals surface area contributed by atoms with Gasteiger partial charge in [0.05, 0.1) is 7.11 Å². The molecule has 4 rings (SSSR count). The van der Waals surface area contributed by atoms with Crippen LogP contribution in [0.5, 0.6) is 11.8 Å². The van der Waals surface area contributed by atoms with Crippen molar-refractivity contribution in [3.05, 3.63) is 88.0 Å². The minimum Gasteiger partial charge on any atom is -0.616 e. The molecule has 0 bridgehead atoms. The molecule has 0 saturated carbocycles. The average Bonchev–Trinajstić information content (AvgIpc) is 3.18. The van der Waals surface area contributed by atoms with Gasteiger partial charge in [0.15, 0.2) is 5.69 Å². The van der Waals surface area contributed by atoms with Gasteiger partial charge >= 0.3 is 5.88 Å². The first-order valence-electron chi connectivity index (χ1n) is 11.5. The number of methoxy groups -OCH3 is 1. The first-order chi connectivity index (χ1) is 16.0. The van der Waals surface area contributed by atoms with E-state index >= 15 is 0 Å². The Balaban J connectivity index is 1.78. The molecular formula is C27H31N3O3. The lowest BCUT2D eigenvalue weighted by atomic mass is 10.0. The van der Waals surface area contributed by atoms with Gasteiger partial charge in [-0.1, -0.05) is 69.3 Å². The van der Waals surface area contributed by atoms with Crippen molar-refractivity contribution in [3.63, 3.8) is 0 Å². The van der Waals surface area contributed by atoms with E-state index in [0.717, 1.165) is 38.9 Å². The van der Waals surface area contributed by atoms with Crippen LogP contribution in [0.25, 0.3) is 10.9 Å². The number of aromatic nitrogens is 3. The second kappa shape index (κ2) is 9.94. The molecule has 0 fully saturated rings. The maximum atomic E-state index is 13.4. The largest absolute Gasteiger partial charge is 0.616 e. The Morgan fingerprint density at radius 3 is 2.48 bits per heavy atom. The molecule has 2 heterocycles. The fourth-order valence-electron chi connectivity index (χ4n) is 4.20. The highest BCUT2D eigenvalue weighted by Gasteiger charge is 2.28. The van der Waals surface area contributed by atoms with Crippen molar-refractivity contribution in [1.29, 1.82) is 0 Å². The first-order valence-corrected chi connectivity index (χ1v) is 11.5. The number of para-hydroxylation sites is 1. The number of H-pyrrole nitrogens is 1. The number of rotatable bonds is 9. The summed E-state index contributed by atoms with van der Waals surface area (Å²) in [6.45, 7) is 6.60. The first kappa shape index (κ1) is 22.6. The molecule has 0 spiro atoms. The van der Waals surface area contributed by atoms with Crippen LogP contribution in [-0.2, 0) is 25.9 Å². The summed E-state index contributed by atoms with van der Waals surface area (Å²) in [5, 5.41) is 14.5. The van der Waals surface area contributed by atoms with Gasteiger partial charge in [0.25, 0.3) is 11.6 Å². The topological polar surface area (TPSA) is 74.1 Å². The zero-order valence-electron chi connectivity index (χ0n) is 19.7. The summed E-state index contributed by atoms with van der Waals surface area (Å²) in [6, 6.07) is 18.1. The standard InChI is InChI=1S/C27H31N3O3/c1-5-22-21(20-13-9-10-14-23(20)28-22)16-24-27(32-4)30(31)25(15-18(2)3)26(29-24)33-17-19-11-7-6-8-12-19/h6-14,18,28H,5,15-17H2,1-4H3. The Bertz CT molecular complexity index is 1230. The summed E-state index contributed by atoms with van der Waals surface area (Å²) in [5.41, 5.74) is 5.43. The third-order valence-electron chi connectivity index (χ3n) is 5.77. The summed E-state index contributed by atoms with van der Waals surface area (Å²) < 4.78 is 12.5. The summed E-state index contributed by atoms with van der Waals surface area (Å²) in [7, 11) is 1.52. The Hall–Kier alpha value is -3.54. The minimum absolute atomic E-state index is 0.227. The number of fused-ring (bicyclic) bond motifs is 1. The zero-order chi connectivity index (χ0) is 23.4.